The van der Waals surface area contributed by atoms with Crippen LogP contribution in [-0.4, -0.2) is 29.8 Å². The van der Waals surface area contributed by atoms with E-state index in [1.165, 1.54) is 0 Å². The third kappa shape index (κ3) is 5.46. The molecule has 1 aromatic carbocycles. The lowest BCUT2D eigenvalue weighted by molar-refractivity contribution is -0.136. The molecule has 0 saturated carbocycles. The molecule has 2 aromatic rings. The summed E-state index contributed by atoms with van der Waals surface area (Å²) in [5.41, 5.74) is 1.70. The number of hydrogen-bond acceptors (Lipinski definition) is 4. The van der Waals surface area contributed by atoms with Crippen LogP contribution < -0.4 is 10.6 Å². The Labute approximate surface area is 154 Å². The van der Waals surface area contributed by atoms with Gasteiger partial charge in [-0.25, -0.2) is 0 Å². The van der Waals surface area contributed by atoms with Crippen molar-refractivity contribution in [2.45, 2.75) is 40.3 Å². The topological polar surface area (TPSA) is 74.6 Å². The number of amides is 2. The molecule has 26 heavy (non-hydrogen) atoms. The molecule has 2 rings (SSSR count). The Morgan fingerprint density at radius 1 is 1.12 bits per heavy atom. The molecule has 0 aliphatic rings. The number of rotatable bonds is 7. The van der Waals surface area contributed by atoms with Gasteiger partial charge in [0.2, 0.25) is 0 Å². The lowest BCUT2D eigenvalue weighted by Crippen LogP contribution is -2.36. The Hall–Kier alpha value is -2.60. The number of carbonyl (C=O) groups excluding carboxylic acids is 2. The fourth-order valence-electron chi connectivity index (χ4n) is 2.66. The summed E-state index contributed by atoms with van der Waals surface area (Å²) in [5.74, 6) is -0.0127. The van der Waals surface area contributed by atoms with Crippen molar-refractivity contribution in [2.75, 3.05) is 18.4 Å². The van der Waals surface area contributed by atoms with E-state index in [1.54, 1.807) is 19.1 Å². The van der Waals surface area contributed by atoms with Crippen molar-refractivity contribution in [1.29, 1.82) is 0 Å². The van der Waals surface area contributed by atoms with E-state index in [0.717, 1.165) is 31.0 Å². The molecule has 0 fully saturated rings. The van der Waals surface area contributed by atoms with Crippen LogP contribution in [0.1, 0.15) is 43.9 Å². The predicted octanol–water partition coefficient (Wildman–Crippen LogP) is 3.25. The molecular formula is C20H27N3O3. The molecule has 140 valence electrons. The lowest BCUT2D eigenvalue weighted by Gasteiger charge is -2.18. The summed E-state index contributed by atoms with van der Waals surface area (Å²) in [6, 6.07) is 10.8. The van der Waals surface area contributed by atoms with Gasteiger partial charge in [-0.3, -0.25) is 14.5 Å². The monoisotopic (exact) mass is 357 g/mol. The molecule has 6 heteroatoms. The number of nitrogens with one attached hydrogen (secondary N) is 2. The zero-order valence-corrected chi connectivity index (χ0v) is 15.8. The van der Waals surface area contributed by atoms with E-state index >= 15 is 0 Å². The molecule has 0 aliphatic heterocycles. The molecule has 0 radical (unpaired) electrons. The normalized spacial score (nSPS) is 12.0. The summed E-state index contributed by atoms with van der Waals surface area (Å²) in [6.45, 7) is 10.5. The number of aryl methyl sites for hydroxylation is 1. The third-order valence-electron chi connectivity index (χ3n) is 4.23. The molecule has 0 aliphatic carbocycles. The van der Waals surface area contributed by atoms with Gasteiger partial charge in [0, 0.05) is 12.2 Å². The van der Waals surface area contributed by atoms with E-state index in [9.17, 15) is 9.59 Å². The van der Waals surface area contributed by atoms with Crippen LogP contribution in [0.4, 0.5) is 5.69 Å². The maximum Gasteiger partial charge on any atom is 0.313 e. The average molecular weight is 357 g/mol. The fraction of sp³-hybridized carbons (Fsp3) is 0.400. The van der Waals surface area contributed by atoms with E-state index in [1.807, 2.05) is 31.2 Å². The van der Waals surface area contributed by atoms with Crippen LogP contribution in [0.15, 0.2) is 40.8 Å². The molecule has 1 atom stereocenters. The molecule has 1 heterocycles. The minimum absolute atomic E-state index is 0.379. The molecule has 2 N–H and O–H groups in total. The maximum absolute atomic E-state index is 12.2. The highest BCUT2D eigenvalue weighted by Crippen LogP contribution is 2.16. The number of hydrogen-bond donors (Lipinski definition) is 2. The Bertz CT molecular complexity index is 750. The lowest BCUT2D eigenvalue weighted by atomic mass is 10.2. The molecule has 0 saturated heterocycles. The van der Waals surface area contributed by atoms with Gasteiger partial charge in [-0.05, 0) is 56.8 Å². The minimum atomic E-state index is -0.694. The van der Waals surface area contributed by atoms with Gasteiger partial charge in [-0.15, -0.1) is 0 Å². The summed E-state index contributed by atoms with van der Waals surface area (Å²) >= 11 is 0. The largest absolute Gasteiger partial charge is 0.464 e. The van der Waals surface area contributed by atoms with Gasteiger partial charge < -0.3 is 15.1 Å². The molecule has 1 unspecified atom stereocenters. The Kier molecular flexibility index (Phi) is 6.97. The van der Waals surface area contributed by atoms with Gasteiger partial charge >= 0.3 is 11.8 Å². The highest BCUT2D eigenvalue weighted by molar-refractivity contribution is 6.39. The van der Waals surface area contributed by atoms with E-state index in [2.05, 4.69) is 29.4 Å². The highest BCUT2D eigenvalue weighted by atomic mass is 16.3. The number of benzene rings is 1. The quantitative estimate of drug-likeness (QED) is 0.746. The third-order valence-corrected chi connectivity index (χ3v) is 4.23. The summed E-state index contributed by atoms with van der Waals surface area (Å²) in [5, 5.41) is 5.29. The van der Waals surface area contributed by atoms with E-state index in [0.29, 0.717) is 11.4 Å². The zero-order valence-electron chi connectivity index (χ0n) is 15.8. The Balaban J connectivity index is 1.95. The first-order valence-electron chi connectivity index (χ1n) is 8.92. The first-order chi connectivity index (χ1) is 12.4. The van der Waals surface area contributed by atoms with Crippen molar-refractivity contribution in [2.24, 2.45) is 0 Å². The summed E-state index contributed by atoms with van der Waals surface area (Å²) < 4.78 is 5.47. The van der Waals surface area contributed by atoms with Crippen LogP contribution in [0.25, 0.3) is 0 Å². The van der Waals surface area contributed by atoms with Gasteiger partial charge in [0.1, 0.15) is 11.5 Å². The first kappa shape index (κ1) is 19.7. The van der Waals surface area contributed by atoms with E-state index in [4.69, 9.17) is 4.42 Å². The van der Waals surface area contributed by atoms with Crippen LogP contribution in [0.3, 0.4) is 0 Å². The molecule has 1 aromatic heterocycles. The van der Waals surface area contributed by atoms with Crippen LogP contribution in [0.2, 0.25) is 0 Å². The van der Waals surface area contributed by atoms with Gasteiger partial charge in [0.05, 0.1) is 6.04 Å². The van der Waals surface area contributed by atoms with Gasteiger partial charge in [0.15, 0.2) is 0 Å². The minimum Gasteiger partial charge on any atom is -0.464 e. The van der Waals surface area contributed by atoms with Crippen molar-refractivity contribution in [3.63, 3.8) is 0 Å². The van der Waals surface area contributed by atoms with Crippen LogP contribution >= 0.6 is 0 Å². The average Bonchev–Trinajstić information content (AvgIpc) is 3.06. The standard InChI is InChI=1S/C20H27N3O3/c1-5-23(6-2)13-16-8-7-9-17(12-16)22-20(25)19(24)21-15(4)18-11-10-14(3)26-18/h7-12,15H,5-6,13H2,1-4H3,(H,21,24)(H,22,25). The number of anilines is 1. The maximum atomic E-state index is 12.2. The molecule has 6 nitrogen and oxygen atoms in total. The van der Waals surface area contributed by atoms with Crippen molar-refractivity contribution >= 4 is 17.5 Å². The van der Waals surface area contributed by atoms with E-state index in [-0.39, 0.29) is 6.04 Å². The van der Waals surface area contributed by atoms with Crippen LogP contribution in [0.5, 0.6) is 0 Å². The molecule has 0 spiro atoms. The number of furan rings is 1. The first-order valence-corrected chi connectivity index (χ1v) is 8.92. The molecular weight excluding hydrogens is 330 g/mol. The van der Waals surface area contributed by atoms with Crippen molar-refractivity contribution in [1.82, 2.24) is 10.2 Å². The predicted molar refractivity (Wildman–Crippen MR) is 102 cm³/mol. The summed E-state index contributed by atoms with van der Waals surface area (Å²) in [7, 11) is 0. The zero-order chi connectivity index (χ0) is 19.1. The second-order valence-corrected chi connectivity index (χ2v) is 6.26. The van der Waals surface area contributed by atoms with Crippen molar-refractivity contribution in [3.05, 3.63) is 53.5 Å². The Morgan fingerprint density at radius 3 is 2.46 bits per heavy atom. The molecule has 0 bridgehead atoms. The van der Waals surface area contributed by atoms with Gasteiger partial charge in [-0.1, -0.05) is 26.0 Å². The highest BCUT2D eigenvalue weighted by Gasteiger charge is 2.19. The second kappa shape index (κ2) is 9.20. The summed E-state index contributed by atoms with van der Waals surface area (Å²) in [6.07, 6.45) is 0. The molecule has 2 amide bonds. The van der Waals surface area contributed by atoms with Gasteiger partial charge in [-0.2, -0.15) is 0 Å². The SMILES string of the molecule is CCN(CC)Cc1cccc(NC(=O)C(=O)NC(C)c2ccc(C)o2)c1. The van der Waals surface area contributed by atoms with Crippen LogP contribution in [-0.2, 0) is 16.1 Å². The van der Waals surface area contributed by atoms with Crippen molar-refractivity contribution in [3.8, 4) is 0 Å². The number of carbonyl (C=O) groups is 2. The Morgan fingerprint density at radius 2 is 1.85 bits per heavy atom. The smallest absolute Gasteiger partial charge is 0.313 e. The van der Waals surface area contributed by atoms with Crippen molar-refractivity contribution < 1.29 is 14.0 Å². The summed E-state index contributed by atoms with van der Waals surface area (Å²) in [4.78, 5) is 26.6. The number of nitrogens with zero attached hydrogens (tertiary/aromatic N) is 1. The fourth-order valence-corrected chi connectivity index (χ4v) is 2.66. The van der Waals surface area contributed by atoms with Crippen LogP contribution in [0, 0.1) is 6.92 Å². The second-order valence-electron chi connectivity index (χ2n) is 6.26. The van der Waals surface area contributed by atoms with Gasteiger partial charge in [0.25, 0.3) is 0 Å². The van der Waals surface area contributed by atoms with E-state index < -0.39 is 11.8 Å².